The van der Waals surface area contributed by atoms with E-state index >= 15 is 0 Å². The van der Waals surface area contributed by atoms with E-state index in [-0.39, 0.29) is 17.8 Å². The molecule has 3 N–H and O–H groups in total. The summed E-state index contributed by atoms with van der Waals surface area (Å²) in [6, 6.07) is -0.365. The minimum absolute atomic E-state index is 0.0509. The number of carbonyl (C=O) groups is 2. The van der Waals surface area contributed by atoms with Gasteiger partial charge in [0.2, 0.25) is 0 Å². The topological polar surface area (TPSA) is 109 Å². The SMILES string of the molecule is C#CCC(CC)NC(=O)NCCn1cc(C(=O)O)nn1. The van der Waals surface area contributed by atoms with E-state index < -0.39 is 5.97 Å². The van der Waals surface area contributed by atoms with Gasteiger partial charge in [0.1, 0.15) is 0 Å². The first-order valence-electron chi connectivity index (χ1n) is 6.18. The second kappa shape index (κ2) is 7.78. The third-order valence-electron chi connectivity index (χ3n) is 2.58. The number of hydrogen-bond acceptors (Lipinski definition) is 4. The molecule has 1 unspecified atom stereocenters. The molecule has 0 aliphatic heterocycles. The van der Waals surface area contributed by atoms with Crippen molar-refractivity contribution in [3.05, 3.63) is 11.9 Å². The zero-order valence-corrected chi connectivity index (χ0v) is 11.2. The highest BCUT2D eigenvalue weighted by Gasteiger charge is 2.10. The molecule has 0 saturated heterocycles. The van der Waals surface area contributed by atoms with E-state index in [0.29, 0.717) is 19.5 Å². The Balaban J connectivity index is 2.31. The second-order valence-corrected chi connectivity index (χ2v) is 4.09. The van der Waals surface area contributed by atoms with Gasteiger partial charge in [-0.1, -0.05) is 12.1 Å². The molecule has 0 aliphatic rings. The van der Waals surface area contributed by atoms with Gasteiger partial charge >= 0.3 is 12.0 Å². The van der Waals surface area contributed by atoms with Crippen LogP contribution in [-0.2, 0) is 6.54 Å². The van der Waals surface area contributed by atoms with Crippen molar-refractivity contribution in [1.82, 2.24) is 25.6 Å². The summed E-state index contributed by atoms with van der Waals surface area (Å²) >= 11 is 0. The first kappa shape index (κ1) is 15.5. The molecule has 1 aromatic heterocycles. The Morgan fingerprint density at radius 1 is 1.60 bits per heavy atom. The first-order chi connectivity index (χ1) is 9.56. The van der Waals surface area contributed by atoms with Crippen LogP contribution in [0.1, 0.15) is 30.3 Å². The van der Waals surface area contributed by atoms with Gasteiger partial charge in [0, 0.05) is 19.0 Å². The Bertz CT molecular complexity index is 505. The lowest BCUT2D eigenvalue weighted by Gasteiger charge is -2.14. The number of amides is 2. The number of aromatic nitrogens is 3. The fourth-order valence-electron chi connectivity index (χ4n) is 1.47. The molecule has 108 valence electrons. The van der Waals surface area contributed by atoms with Gasteiger partial charge in [-0.05, 0) is 6.42 Å². The Morgan fingerprint density at radius 2 is 2.35 bits per heavy atom. The van der Waals surface area contributed by atoms with Gasteiger partial charge in [-0.3, -0.25) is 0 Å². The smallest absolute Gasteiger partial charge is 0.358 e. The number of hydrogen-bond donors (Lipinski definition) is 3. The fraction of sp³-hybridized carbons (Fsp3) is 0.500. The van der Waals surface area contributed by atoms with Crippen LogP contribution in [0.4, 0.5) is 4.79 Å². The van der Waals surface area contributed by atoms with E-state index in [1.807, 2.05) is 6.92 Å². The molecule has 20 heavy (non-hydrogen) atoms. The number of terminal acetylenes is 1. The molecular formula is C12H17N5O3. The summed E-state index contributed by atoms with van der Waals surface area (Å²) in [5, 5.41) is 21.2. The maximum Gasteiger partial charge on any atom is 0.358 e. The molecule has 1 aromatic rings. The Kier molecular flexibility index (Phi) is 6.03. The molecule has 0 bridgehead atoms. The van der Waals surface area contributed by atoms with E-state index in [9.17, 15) is 9.59 Å². The van der Waals surface area contributed by atoms with Gasteiger partial charge < -0.3 is 15.7 Å². The average Bonchev–Trinajstić information content (AvgIpc) is 2.87. The van der Waals surface area contributed by atoms with Crippen molar-refractivity contribution in [3.63, 3.8) is 0 Å². The predicted octanol–water partition coefficient (Wildman–Crippen LogP) is 0.0774. The van der Waals surface area contributed by atoms with Gasteiger partial charge in [-0.2, -0.15) is 0 Å². The third-order valence-corrected chi connectivity index (χ3v) is 2.58. The van der Waals surface area contributed by atoms with E-state index in [1.165, 1.54) is 10.9 Å². The number of nitrogens with one attached hydrogen (secondary N) is 2. The lowest BCUT2D eigenvalue weighted by atomic mass is 10.2. The highest BCUT2D eigenvalue weighted by atomic mass is 16.4. The number of nitrogens with zero attached hydrogens (tertiary/aromatic N) is 3. The monoisotopic (exact) mass is 279 g/mol. The number of carbonyl (C=O) groups excluding carboxylic acids is 1. The van der Waals surface area contributed by atoms with Crippen molar-refractivity contribution in [2.45, 2.75) is 32.4 Å². The summed E-state index contributed by atoms with van der Waals surface area (Å²) < 4.78 is 1.35. The number of urea groups is 1. The largest absolute Gasteiger partial charge is 0.476 e. The molecule has 0 saturated carbocycles. The third kappa shape index (κ3) is 4.97. The Labute approximate surface area is 116 Å². The second-order valence-electron chi connectivity index (χ2n) is 4.09. The van der Waals surface area contributed by atoms with Crippen LogP contribution >= 0.6 is 0 Å². The number of aromatic carboxylic acids is 1. The Morgan fingerprint density at radius 3 is 2.90 bits per heavy atom. The highest BCUT2D eigenvalue weighted by molar-refractivity contribution is 5.84. The number of carboxylic acid groups (broad SMARTS) is 1. The zero-order chi connectivity index (χ0) is 15.0. The lowest BCUT2D eigenvalue weighted by molar-refractivity contribution is 0.0690. The minimum Gasteiger partial charge on any atom is -0.476 e. The van der Waals surface area contributed by atoms with Gasteiger partial charge in [-0.15, -0.1) is 17.4 Å². The number of carboxylic acids is 1. The van der Waals surface area contributed by atoms with Crippen molar-refractivity contribution in [2.24, 2.45) is 0 Å². The van der Waals surface area contributed by atoms with Crippen molar-refractivity contribution < 1.29 is 14.7 Å². The van der Waals surface area contributed by atoms with E-state index in [1.54, 1.807) is 0 Å². The van der Waals surface area contributed by atoms with Crippen LogP contribution in [0.2, 0.25) is 0 Å². The molecular weight excluding hydrogens is 262 g/mol. The van der Waals surface area contributed by atoms with Crippen LogP contribution < -0.4 is 10.6 Å². The van der Waals surface area contributed by atoms with Crippen LogP contribution in [0.15, 0.2) is 6.20 Å². The standard InChI is InChI=1S/C12H17N5O3/c1-3-5-9(4-2)14-12(20)13-6-7-17-8-10(11(18)19)15-16-17/h1,8-9H,4-7H2,2H3,(H,18,19)(H2,13,14,20). The highest BCUT2D eigenvalue weighted by Crippen LogP contribution is 1.95. The van der Waals surface area contributed by atoms with Crippen molar-refractivity contribution in [2.75, 3.05) is 6.54 Å². The molecule has 8 heteroatoms. The molecule has 0 aromatic carbocycles. The average molecular weight is 279 g/mol. The first-order valence-corrected chi connectivity index (χ1v) is 6.18. The molecule has 2 amide bonds. The maximum atomic E-state index is 11.6. The molecule has 0 aliphatic carbocycles. The molecule has 1 rings (SSSR count). The van der Waals surface area contributed by atoms with E-state index in [4.69, 9.17) is 11.5 Å². The van der Waals surface area contributed by atoms with Gasteiger partial charge in [-0.25, -0.2) is 14.3 Å². The van der Waals surface area contributed by atoms with E-state index in [2.05, 4.69) is 26.9 Å². The van der Waals surface area contributed by atoms with Crippen molar-refractivity contribution >= 4 is 12.0 Å². The Hall–Kier alpha value is -2.56. The van der Waals surface area contributed by atoms with Crippen molar-refractivity contribution in [1.29, 1.82) is 0 Å². The maximum absolute atomic E-state index is 11.6. The quantitative estimate of drug-likeness (QED) is 0.612. The number of rotatable bonds is 7. The van der Waals surface area contributed by atoms with Gasteiger partial charge in [0.25, 0.3) is 0 Å². The molecule has 0 radical (unpaired) electrons. The summed E-state index contributed by atoms with van der Waals surface area (Å²) in [6.45, 7) is 2.57. The zero-order valence-electron chi connectivity index (χ0n) is 11.2. The summed E-state index contributed by atoms with van der Waals surface area (Å²) in [4.78, 5) is 22.2. The van der Waals surface area contributed by atoms with Crippen LogP contribution in [0, 0.1) is 12.3 Å². The van der Waals surface area contributed by atoms with Crippen molar-refractivity contribution in [3.8, 4) is 12.3 Å². The van der Waals surface area contributed by atoms with Gasteiger partial charge in [0.15, 0.2) is 5.69 Å². The van der Waals surface area contributed by atoms with E-state index in [0.717, 1.165) is 6.42 Å². The summed E-state index contributed by atoms with van der Waals surface area (Å²) in [5.41, 5.74) is -0.130. The summed E-state index contributed by atoms with van der Waals surface area (Å²) in [5.74, 6) is 1.36. The van der Waals surface area contributed by atoms with Crippen LogP contribution in [0.3, 0.4) is 0 Å². The summed E-state index contributed by atoms with van der Waals surface area (Å²) in [7, 11) is 0. The normalized spacial score (nSPS) is 11.4. The van der Waals surface area contributed by atoms with Crippen LogP contribution in [0.25, 0.3) is 0 Å². The van der Waals surface area contributed by atoms with Crippen LogP contribution in [0.5, 0.6) is 0 Å². The van der Waals surface area contributed by atoms with Crippen LogP contribution in [-0.4, -0.2) is 44.7 Å². The molecule has 0 fully saturated rings. The molecule has 1 heterocycles. The van der Waals surface area contributed by atoms with Gasteiger partial charge in [0.05, 0.1) is 12.7 Å². The summed E-state index contributed by atoms with van der Waals surface area (Å²) in [6.07, 6.45) is 7.73. The molecule has 0 spiro atoms. The minimum atomic E-state index is -1.14. The predicted molar refractivity (Wildman–Crippen MR) is 71.0 cm³/mol. The lowest BCUT2D eigenvalue weighted by Crippen LogP contribution is -2.42. The molecule has 1 atom stereocenters. The molecule has 8 nitrogen and oxygen atoms in total. The fourth-order valence-corrected chi connectivity index (χ4v) is 1.47.